The standard InChI is InChI=1S/C20H16N6/c1-3-19(21-13-1)25-23-17-9-5-15(6-10-17)16-7-11-18(12-8-16)24-26-20-4-2-14-22-20/h1-2,5-14H,3-4H2. The molecule has 0 spiro atoms. The normalized spacial score (nSPS) is 16.0. The van der Waals surface area contributed by atoms with Crippen molar-refractivity contribution in [1.29, 1.82) is 0 Å². The van der Waals surface area contributed by atoms with Crippen LogP contribution in [0.2, 0.25) is 0 Å². The molecule has 2 heterocycles. The van der Waals surface area contributed by atoms with Crippen molar-refractivity contribution in [1.82, 2.24) is 0 Å². The lowest BCUT2D eigenvalue weighted by Gasteiger charge is -2.02. The molecular weight excluding hydrogens is 324 g/mol. The highest BCUT2D eigenvalue weighted by atomic mass is 15.2. The Bertz CT molecular complexity index is 879. The molecule has 0 bridgehead atoms. The molecule has 6 nitrogen and oxygen atoms in total. The number of benzene rings is 2. The quantitative estimate of drug-likeness (QED) is 0.601. The largest absolute Gasteiger partial charge is 0.239 e. The molecule has 0 fully saturated rings. The highest BCUT2D eigenvalue weighted by Gasteiger charge is 2.02. The van der Waals surface area contributed by atoms with Gasteiger partial charge < -0.3 is 0 Å². The van der Waals surface area contributed by atoms with Crippen molar-refractivity contribution in [3.05, 3.63) is 73.1 Å². The van der Waals surface area contributed by atoms with E-state index in [2.05, 4.69) is 30.4 Å². The molecule has 0 amide bonds. The molecule has 26 heavy (non-hydrogen) atoms. The van der Waals surface area contributed by atoms with Gasteiger partial charge in [-0.15, -0.1) is 20.5 Å². The number of amidine groups is 2. The van der Waals surface area contributed by atoms with Gasteiger partial charge >= 0.3 is 0 Å². The molecule has 0 unspecified atom stereocenters. The first-order chi connectivity index (χ1) is 12.9. The lowest BCUT2D eigenvalue weighted by atomic mass is 10.1. The van der Waals surface area contributed by atoms with E-state index in [0.717, 1.165) is 47.0 Å². The zero-order valence-corrected chi connectivity index (χ0v) is 14.0. The second-order valence-electron chi connectivity index (χ2n) is 5.76. The van der Waals surface area contributed by atoms with E-state index < -0.39 is 0 Å². The molecule has 0 saturated carbocycles. The van der Waals surface area contributed by atoms with Crippen LogP contribution < -0.4 is 0 Å². The van der Waals surface area contributed by atoms with Crippen molar-refractivity contribution in [3.8, 4) is 11.1 Å². The molecule has 2 aliphatic heterocycles. The molecule has 0 N–H and O–H groups in total. The molecule has 6 heteroatoms. The molecule has 2 aromatic rings. The summed E-state index contributed by atoms with van der Waals surface area (Å²) in [5, 5.41) is 16.7. The molecular formula is C20H16N6. The second kappa shape index (κ2) is 7.57. The number of hydrogen-bond donors (Lipinski definition) is 0. The summed E-state index contributed by atoms with van der Waals surface area (Å²) in [6.07, 6.45) is 8.90. The predicted molar refractivity (Wildman–Crippen MR) is 103 cm³/mol. The Hall–Kier alpha value is -3.54. The summed E-state index contributed by atoms with van der Waals surface area (Å²) in [5.41, 5.74) is 3.83. The van der Waals surface area contributed by atoms with Crippen LogP contribution in [-0.2, 0) is 0 Å². The number of nitrogens with zero attached hydrogens (tertiary/aromatic N) is 6. The van der Waals surface area contributed by atoms with Gasteiger partial charge in [-0.2, -0.15) is 0 Å². The Balaban J connectivity index is 1.42. The molecule has 0 radical (unpaired) electrons. The number of aliphatic imine (C=N–C) groups is 2. The van der Waals surface area contributed by atoms with Crippen molar-refractivity contribution in [2.24, 2.45) is 30.4 Å². The Morgan fingerprint density at radius 1 is 0.538 bits per heavy atom. The van der Waals surface area contributed by atoms with Crippen molar-refractivity contribution >= 4 is 23.0 Å². The molecule has 2 aliphatic rings. The fourth-order valence-electron chi connectivity index (χ4n) is 2.50. The van der Waals surface area contributed by atoms with Crippen LogP contribution in [0.15, 0.2) is 104 Å². The zero-order valence-electron chi connectivity index (χ0n) is 14.0. The Morgan fingerprint density at radius 3 is 1.31 bits per heavy atom. The summed E-state index contributed by atoms with van der Waals surface area (Å²) in [6, 6.07) is 15.9. The van der Waals surface area contributed by atoms with E-state index in [0.29, 0.717) is 0 Å². The average Bonchev–Trinajstić information content (AvgIpc) is 3.40. The van der Waals surface area contributed by atoms with E-state index in [9.17, 15) is 0 Å². The molecule has 0 aliphatic carbocycles. The van der Waals surface area contributed by atoms with E-state index in [1.54, 1.807) is 12.4 Å². The maximum atomic E-state index is 4.21. The van der Waals surface area contributed by atoms with Crippen molar-refractivity contribution < 1.29 is 0 Å². The number of hydrogen-bond acceptors (Lipinski definition) is 6. The maximum absolute atomic E-state index is 4.21. The smallest absolute Gasteiger partial charge is 0.154 e. The summed E-state index contributed by atoms with van der Waals surface area (Å²) in [7, 11) is 0. The minimum Gasteiger partial charge on any atom is -0.239 e. The minimum absolute atomic E-state index is 0.734. The van der Waals surface area contributed by atoms with Gasteiger partial charge in [0, 0.05) is 25.2 Å². The van der Waals surface area contributed by atoms with Crippen molar-refractivity contribution in [2.45, 2.75) is 12.8 Å². The third-order valence-electron chi connectivity index (χ3n) is 3.89. The van der Waals surface area contributed by atoms with E-state index in [1.165, 1.54) is 0 Å². The van der Waals surface area contributed by atoms with Gasteiger partial charge in [-0.3, -0.25) is 0 Å². The fourth-order valence-corrected chi connectivity index (χ4v) is 2.50. The third kappa shape index (κ3) is 3.92. The van der Waals surface area contributed by atoms with Gasteiger partial charge in [0.15, 0.2) is 11.7 Å². The fraction of sp³-hybridized carbons (Fsp3) is 0.100. The van der Waals surface area contributed by atoms with Crippen molar-refractivity contribution in [2.75, 3.05) is 0 Å². The summed E-state index contributed by atoms with van der Waals surface area (Å²) < 4.78 is 0. The topological polar surface area (TPSA) is 74.2 Å². The van der Waals surface area contributed by atoms with Crippen LogP contribution in [0.25, 0.3) is 11.1 Å². The lowest BCUT2D eigenvalue weighted by molar-refractivity contribution is 1.23. The van der Waals surface area contributed by atoms with Gasteiger partial charge in [-0.25, -0.2) is 9.98 Å². The number of azo groups is 2. The van der Waals surface area contributed by atoms with Crippen LogP contribution >= 0.6 is 0 Å². The molecule has 126 valence electrons. The van der Waals surface area contributed by atoms with Crippen LogP contribution in [0.1, 0.15) is 12.8 Å². The number of rotatable bonds is 3. The highest BCUT2D eigenvalue weighted by molar-refractivity contribution is 5.86. The highest BCUT2D eigenvalue weighted by Crippen LogP contribution is 2.25. The maximum Gasteiger partial charge on any atom is 0.154 e. The van der Waals surface area contributed by atoms with E-state index in [4.69, 9.17) is 0 Å². The molecule has 2 aromatic carbocycles. The summed E-state index contributed by atoms with van der Waals surface area (Å²) in [6.45, 7) is 0. The van der Waals surface area contributed by atoms with Gasteiger partial charge in [0.2, 0.25) is 0 Å². The second-order valence-corrected chi connectivity index (χ2v) is 5.76. The van der Waals surface area contributed by atoms with Gasteiger partial charge in [-0.1, -0.05) is 36.4 Å². The van der Waals surface area contributed by atoms with E-state index in [-0.39, 0.29) is 0 Å². The van der Waals surface area contributed by atoms with Crippen LogP contribution in [0, 0.1) is 0 Å². The summed E-state index contributed by atoms with van der Waals surface area (Å²) in [5.74, 6) is 1.47. The van der Waals surface area contributed by atoms with Crippen LogP contribution in [0.5, 0.6) is 0 Å². The van der Waals surface area contributed by atoms with Crippen molar-refractivity contribution in [3.63, 3.8) is 0 Å². The van der Waals surface area contributed by atoms with Crippen LogP contribution in [0.3, 0.4) is 0 Å². The van der Waals surface area contributed by atoms with Crippen LogP contribution in [0.4, 0.5) is 11.4 Å². The van der Waals surface area contributed by atoms with Gasteiger partial charge in [0.1, 0.15) is 0 Å². The SMILES string of the molecule is C1=CN=C(N=Nc2ccc(-c3ccc(N=NC4=NC=CC4)cc3)cc2)C1. The molecule has 4 rings (SSSR count). The van der Waals surface area contributed by atoms with Gasteiger partial charge in [0.05, 0.1) is 11.4 Å². The first kappa shape index (κ1) is 16.0. The van der Waals surface area contributed by atoms with Gasteiger partial charge in [0.25, 0.3) is 0 Å². The van der Waals surface area contributed by atoms with Crippen LogP contribution in [-0.4, -0.2) is 11.7 Å². The average molecular weight is 340 g/mol. The van der Waals surface area contributed by atoms with Gasteiger partial charge in [-0.05, 0) is 35.4 Å². The zero-order chi connectivity index (χ0) is 17.6. The Morgan fingerprint density at radius 2 is 0.962 bits per heavy atom. The first-order valence-corrected chi connectivity index (χ1v) is 8.34. The minimum atomic E-state index is 0.734. The molecule has 0 atom stereocenters. The third-order valence-corrected chi connectivity index (χ3v) is 3.89. The summed E-state index contributed by atoms with van der Waals surface area (Å²) >= 11 is 0. The predicted octanol–water partition coefficient (Wildman–Crippen LogP) is 6.15. The van der Waals surface area contributed by atoms with E-state index in [1.807, 2.05) is 60.7 Å². The summed E-state index contributed by atoms with van der Waals surface area (Å²) in [4.78, 5) is 8.23. The Labute approximate surface area is 151 Å². The monoisotopic (exact) mass is 340 g/mol. The first-order valence-electron chi connectivity index (χ1n) is 8.34. The van der Waals surface area contributed by atoms with E-state index >= 15 is 0 Å². The Kier molecular flexibility index (Phi) is 4.64. The molecule has 0 aromatic heterocycles. The lowest BCUT2D eigenvalue weighted by Crippen LogP contribution is -1.84. The molecule has 0 saturated heterocycles.